The Hall–Kier alpha value is -1.93. The van der Waals surface area contributed by atoms with Crippen LogP contribution in [0, 0.1) is 0 Å². The molecule has 2 amide bonds. The number of hydrogen-bond acceptors (Lipinski definition) is 5. The number of methoxy groups -OCH3 is 1. The average molecular weight is 407 g/mol. The van der Waals surface area contributed by atoms with E-state index in [1.165, 1.54) is 12.0 Å². The molecule has 2 heterocycles. The highest BCUT2D eigenvalue weighted by molar-refractivity contribution is 7.93. The Labute approximate surface area is 165 Å². The lowest BCUT2D eigenvalue weighted by Gasteiger charge is -2.44. The zero-order chi connectivity index (χ0) is 20.0. The monoisotopic (exact) mass is 406 g/mol. The molecule has 0 atom stereocenters. The third-order valence-corrected chi connectivity index (χ3v) is 8.94. The first-order chi connectivity index (χ1) is 13.4. The van der Waals surface area contributed by atoms with E-state index >= 15 is 0 Å². The lowest BCUT2D eigenvalue weighted by Crippen LogP contribution is -2.58. The molecule has 0 aromatic heterocycles. The van der Waals surface area contributed by atoms with Gasteiger partial charge in [-0.25, -0.2) is 8.42 Å². The first-order valence-corrected chi connectivity index (χ1v) is 11.4. The van der Waals surface area contributed by atoms with Gasteiger partial charge in [0.15, 0.2) is 9.84 Å². The second kappa shape index (κ2) is 6.84. The Morgan fingerprint density at radius 3 is 2.32 bits per heavy atom. The van der Waals surface area contributed by atoms with Gasteiger partial charge in [0.05, 0.1) is 12.0 Å². The minimum absolute atomic E-state index is 0.0821. The maximum Gasteiger partial charge on any atom is 0.239 e. The van der Waals surface area contributed by atoms with Crippen LogP contribution in [0.25, 0.3) is 0 Å². The summed E-state index contributed by atoms with van der Waals surface area (Å²) in [6.45, 7) is 1.26. The van der Waals surface area contributed by atoms with Crippen molar-refractivity contribution in [3.8, 4) is 0 Å². The van der Waals surface area contributed by atoms with Crippen molar-refractivity contribution in [2.24, 2.45) is 0 Å². The van der Waals surface area contributed by atoms with Crippen LogP contribution in [0.4, 0.5) is 0 Å². The standard InChI is InChI=1S/C20H26N2O5S/c1-27-14-13-22-17(23)15-28(25,26)20(22)9-11-21(12-10-20)18(24)19(7-8-19)16-5-3-2-4-6-16/h2-6H,7-15H2,1H3. The second-order valence-electron chi connectivity index (χ2n) is 7.98. The molecule has 1 aliphatic carbocycles. The molecule has 8 heteroatoms. The van der Waals surface area contributed by atoms with Gasteiger partial charge in [0, 0.05) is 39.6 Å². The molecule has 0 N–H and O–H groups in total. The van der Waals surface area contributed by atoms with Crippen molar-refractivity contribution in [1.29, 1.82) is 0 Å². The van der Waals surface area contributed by atoms with E-state index in [2.05, 4.69) is 0 Å². The van der Waals surface area contributed by atoms with Gasteiger partial charge in [0.1, 0.15) is 10.6 Å². The fourth-order valence-electron chi connectivity index (χ4n) is 4.73. The predicted octanol–water partition coefficient (Wildman–Crippen LogP) is 0.940. The number of amides is 2. The van der Waals surface area contributed by atoms with Gasteiger partial charge >= 0.3 is 0 Å². The van der Waals surface area contributed by atoms with Crippen molar-refractivity contribution in [1.82, 2.24) is 9.80 Å². The van der Waals surface area contributed by atoms with Crippen molar-refractivity contribution in [3.05, 3.63) is 35.9 Å². The number of hydrogen-bond donors (Lipinski definition) is 0. The Morgan fingerprint density at radius 2 is 1.75 bits per heavy atom. The first kappa shape index (κ1) is 19.4. The Bertz CT molecular complexity index is 871. The van der Waals surface area contributed by atoms with Gasteiger partial charge in [-0.1, -0.05) is 30.3 Å². The van der Waals surface area contributed by atoms with Crippen molar-refractivity contribution in [2.75, 3.05) is 39.1 Å². The highest BCUT2D eigenvalue weighted by Crippen LogP contribution is 2.50. The topological polar surface area (TPSA) is 84.0 Å². The van der Waals surface area contributed by atoms with Crippen LogP contribution in [-0.2, 0) is 29.6 Å². The maximum atomic E-state index is 13.2. The Kier molecular flexibility index (Phi) is 4.74. The number of carbonyl (C=O) groups excluding carboxylic acids is 2. The summed E-state index contributed by atoms with van der Waals surface area (Å²) in [6, 6.07) is 9.80. The summed E-state index contributed by atoms with van der Waals surface area (Å²) in [6.07, 6.45) is 2.19. The molecule has 0 bridgehead atoms. The van der Waals surface area contributed by atoms with Crippen molar-refractivity contribution in [3.63, 3.8) is 0 Å². The number of sulfone groups is 1. The van der Waals surface area contributed by atoms with E-state index in [1.54, 1.807) is 4.90 Å². The summed E-state index contributed by atoms with van der Waals surface area (Å²) in [7, 11) is -2.05. The molecular weight excluding hydrogens is 380 g/mol. The molecule has 4 rings (SSSR count). The van der Waals surface area contributed by atoms with Crippen LogP contribution in [0.3, 0.4) is 0 Å². The molecule has 2 aliphatic heterocycles. The summed E-state index contributed by atoms with van der Waals surface area (Å²) in [5.41, 5.74) is 0.581. The molecule has 0 unspecified atom stereocenters. The van der Waals surface area contributed by atoms with E-state index in [-0.39, 0.29) is 31.2 Å². The largest absolute Gasteiger partial charge is 0.383 e. The maximum absolute atomic E-state index is 13.2. The molecular formula is C20H26N2O5S. The zero-order valence-electron chi connectivity index (χ0n) is 16.1. The Balaban J connectivity index is 1.52. The molecule has 1 aromatic rings. The highest BCUT2D eigenvalue weighted by atomic mass is 32.2. The number of ether oxygens (including phenoxy) is 1. The second-order valence-corrected chi connectivity index (χ2v) is 10.3. The number of nitrogens with zero attached hydrogens (tertiary/aromatic N) is 2. The van der Waals surface area contributed by atoms with E-state index < -0.39 is 25.9 Å². The van der Waals surface area contributed by atoms with Crippen LogP contribution in [0.1, 0.15) is 31.2 Å². The van der Waals surface area contributed by atoms with Gasteiger partial charge in [0.2, 0.25) is 11.8 Å². The highest BCUT2D eigenvalue weighted by Gasteiger charge is 2.60. The van der Waals surface area contributed by atoms with Crippen LogP contribution in [0.2, 0.25) is 0 Å². The number of piperidine rings is 1. The smallest absolute Gasteiger partial charge is 0.239 e. The minimum Gasteiger partial charge on any atom is -0.383 e. The van der Waals surface area contributed by atoms with Crippen LogP contribution in [0.15, 0.2) is 30.3 Å². The third kappa shape index (κ3) is 2.85. The number of rotatable bonds is 5. The summed E-state index contributed by atoms with van der Waals surface area (Å²) in [5, 5.41) is 0. The number of likely N-dealkylation sites (tertiary alicyclic amines) is 1. The normalized spacial score (nSPS) is 24.5. The molecule has 3 fully saturated rings. The van der Waals surface area contributed by atoms with Crippen LogP contribution in [-0.4, -0.2) is 74.0 Å². The molecule has 2 saturated heterocycles. The van der Waals surface area contributed by atoms with E-state index in [0.717, 1.165) is 18.4 Å². The average Bonchev–Trinajstić information content (AvgIpc) is 3.47. The summed E-state index contributed by atoms with van der Waals surface area (Å²) in [4.78, 5) is 27.7. The van der Waals surface area contributed by atoms with Gasteiger partial charge in [0.25, 0.3) is 0 Å². The van der Waals surface area contributed by atoms with E-state index in [0.29, 0.717) is 19.7 Å². The first-order valence-electron chi connectivity index (χ1n) is 9.73. The summed E-state index contributed by atoms with van der Waals surface area (Å²) >= 11 is 0. The summed E-state index contributed by atoms with van der Waals surface area (Å²) < 4.78 is 30.7. The molecule has 1 spiro atoms. The predicted molar refractivity (Wildman–Crippen MR) is 103 cm³/mol. The third-order valence-electron chi connectivity index (χ3n) is 6.52. The summed E-state index contributed by atoms with van der Waals surface area (Å²) in [5.74, 6) is -0.725. The molecule has 152 valence electrons. The van der Waals surface area contributed by atoms with Crippen molar-refractivity contribution < 1.29 is 22.7 Å². The van der Waals surface area contributed by atoms with Gasteiger partial charge in [-0.05, 0) is 18.4 Å². The van der Waals surface area contributed by atoms with Gasteiger partial charge < -0.3 is 14.5 Å². The molecule has 28 heavy (non-hydrogen) atoms. The van der Waals surface area contributed by atoms with E-state index in [9.17, 15) is 18.0 Å². The number of carbonyl (C=O) groups is 2. The lowest BCUT2D eigenvalue weighted by atomic mass is 9.92. The molecule has 1 aromatic carbocycles. The van der Waals surface area contributed by atoms with Crippen LogP contribution < -0.4 is 0 Å². The van der Waals surface area contributed by atoms with E-state index in [4.69, 9.17) is 4.74 Å². The fraction of sp³-hybridized carbons (Fsp3) is 0.600. The fourth-order valence-corrected chi connectivity index (χ4v) is 6.82. The van der Waals surface area contributed by atoms with Gasteiger partial charge in [-0.3, -0.25) is 9.59 Å². The quantitative estimate of drug-likeness (QED) is 0.727. The van der Waals surface area contributed by atoms with E-state index in [1.807, 2.05) is 30.3 Å². The molecule has 7 nitrogen and oxygen atoms in total. The zero-order valence-corrected chi connectivity index (χ0v) is 16.9. The number of benzene rings is 1. The minimum atomic E-state index is -3.58. The van der Waals surface area contributed by atoms with Gasteiger partial charge in [-0.2, -0.15) is 0 Å². The van der Waals surface area contributed by atoms with Crippen molar-refractivity contribution >= 4 is 21.7 Å². The Morgan fingerprint density at radius 1 is 1.11 bits per heavy atom. The SMILES string of the molecule is COCCN1C(=O)CS(=O)(=O)C12CCN(C(=O)C1(c3ccccc3)CC1)CC2. The van der Waals surface area contributed by atoms with Gasteiger partial charge in [-0.15, -0.1) is 0 Å². The van der Waals surface area contributed by atoms with Crippen LogP contribution >= 0.6 is 0 Å². The molecule has 3 aliphatic rings. The molecule has 0 radical (unpaired) electrons. The molecule has 1 saturated carbocycles. The lowest BCUT2D eigenvalue weighted by molar-refractivity contribution is -0.137. The van der Waals surface area contributed by atoms with Crippen molar-refractivity contribution in [2.45, 2.75) is 36.0 Å². The van der Waals surface area contributed by atoms with Crippen LogP contribution in [0.5, 0.6) is 0 Å².